The second-order valence-corrected chi connectivity index (χ2v) is 3.68. The lowest BCUT2D eigenvalue weighted by Crippen LogP contribution is -2.30. The summed E-state index contributed by atoms with van der Waals surface area (Å²) in [5.41, 5.74) is -0.620. The molecule has 2 aliphatic carbocycles. The van der Waals surface area contributed by atoms with Crippen LogP contribution in [0.3, 0.4) is 0 Å². The van der Waals surface area contributed by atoms with E-state index in [0.717, 1.165) is 32.1 Å². The van der Waals surface area contributed by atoms with Crippen LogP contribution >= 0.6 is 0 Å². The van der Waals surface area contributed by atoms with Crippen molar-refractivity contribution in [3.63, 3.8) is 0 Å². The van der Waals surface area contributed by atoms with Gasteiger partial charge in [-0.25, -0.2) is 0 Å². The van der Waals surface area contributed by atoms with Gasteiger partial charge in [0.1, 0.15) is 5.78 Å². The molecule has 0 amide bonds. The van der Waals surface area contributed by atoms with E-state index in [9.17, 15) is 9.59 Å². The summed E-state index contributed by atoms with van der Waals surface area (Å²) >= 11 is 0. The Labute approximate surface area is 66.0 Å². The molecule has 0 spiro atoms. The fourth-order valence-electron chi connectivity index (χ4n) is 1.58. The number of carbonyl (C=O) groups is 1. The first-order valence-corrected chi connectivity index (χ1v) is 4.22. The third-order valence-electron chi connectivity index (χ3n) is 2.89. The standard InChI is InChI=1S/C9H11O2/c10-6-9(4-5-9)8(11)7-2-1-3-7/h7H,1-5H2. The van der Waals surface area contributed by atoms with Gasteiger partial charge in [-0.15, -0.1) is 0 Å². The largest absolute Gasteiger partial charge is 0.298 e. The van der Waals surface area contributed by atoms with Gasteiger partial charge in [-0.3, -0.25) is 9.59 Å². The molecule has 0 aromatic carbocycles. The van der Waals surface area contributed by atoms with Crippen LogP contribution in [-0.4, -0.2) is 12.1 Å². The van der Waals surface area contributed by atoms with Crippen LogP contribution in [0.15, 0.2) is 0 Å². The Balaban J connectivity index is 2.03. The van der Waals surface area contributed by atoms with Crippen molar-refractivity contribution in [3.05, 3.63) is 0 Å². The van der Waals surface area contributed by atoms with Crippen molar-refractivity contribution in [2.75, 3.05) is 0 Å². The number of hydrogen-bond donors (Lipinski definition) is 0. The molecule has 0 atom stereocenters. The van der Waals surface area contributed by atoms with E-state index < -0.39 is 5.41 Å². The molecule has 11 heavy (non-hydrogen) atoms. The van der Waals surface area contributed by atoms with Gasteiger partial charge in [0.05, 0.1) is 5.41 Å². The van der Waals surface area contributed by atoms with Gasteiger partial charge in [0.25, 0.3) is 0 Å². The van der Waals surface area contributed by atoms with Gasteiger partial charge in [-0.2, -0.15) is 0 Å². The lowest BCUT2D eigenvalue weighted by Gasteiger charge is -2.25. The molecule has 2 saturated carbocycles. The summed E-state index contributed by atoms with van der Waals surface area (Å²) in [5.74, 6) is 0.387. The Kier molecular flexibility index (Phi) is 1.38. The molecular weight excluding hydrogens is 140 g/mol. The fourth-order valence-corrected chi connectivity index (χ4v) is 1.58. The molecule has 2 nitrogen and oxygen atoms in total. The highest BCUT2D eigenvalue weighted by Gasteiger charge is 2.53. The smallest absolute Gasteiger partial charge is 0.212 e. The fraction of sp³-hybridized carbons (Fsp3) is 0.778. The van der Waals surface area contributed by atoms with Crippen molar-refractivity contribution in [1.29, 1.82) is 0 Å². The maximum absolute atomic E-state index is 11.5. The Hall–Kier alpha value is -0.660. The van der Waals surface area contributed by atoms with E-state index >= 15 is 0 Å². The minimum atomic E-state index is -0.620. The van der Waals surface area contributed by atoms with Crippen LogP contribution in [0.1, 0.15) is 32.1 Å². The normalized spacial score (nSPS) is 27.3. The zero-order valence-corrected chi connectivity index (χ0v) is 6.43. The quantitative estimate of drug-likeness (QED) is 0.569. The molecule has 2 rings (SSSR count). The summed E-state index contributed by atoms with van der Waals surface area (Å²) in [6.07, 6.45) is 6.58. The predicted molar refractivity (Wildman–Crippen MR) is 39.7 cm³/mol. The Morgan fingerprint density at radius 3 is 2.27 bits per heavy atom. The predicted octanol–water partition coefficient (Wildman–Crippen LogP) is 1.25. The number of ketones is 1. The number of hydrogen-bond acceptors (Lipinski definition) is 2. The molecular formula is C9H11O2. The van der Waals surface area contributed by atoms with Crippen LogP contribution in [0.4, 0.5) is 0 Å². The molecule has 2 heteroatoms. The van der Waals surface area contributed by atoms with E-state index in [2.05, 4.69) is 0 Å². The summed E-state index contributed by atoms with van der Waals surface area (Å²) in [4.78, 5) is 21.9. The van der Waals surface area contributed by atoms with E-state index in [4.69, 9.17) is 0 Å². The van der Waals surface area contributed by atoms with Crippen molar-refractivity contribution in [2.45, 2.75) is 32.1 Å². The van der Waals surface area contributed by atoms with E-state index in [1.54, 1.807) is 0 Å². The monoisotopic (exact) mass is 151 g/mol. The summed E-state index contributed by atoms with van der Waals surface area (Å²) < 4.78 is 0. The van der Waals surface area contributed by atoms with Gasteiger partial charge < -0.3 is 0 Å². The van der Waals surface area contributed by atoms with Crippen LogP contribution in [-0.2, 0) is 9.59 Å². The number of Topliss-reactive ketones (excluding diaryl/α,β-unsaturated/α-hetero) is 1. The molecule has 0 aromatic heterocycles. The SMILES string of the molecule is O=[C]C1(C(=O)C2CCC2)CC1. The van der Waals surface area contributed by atoms with Gasteiger partial charge in [0.15, 0.2) is 0 Å². The molecule has 0 saturated heterocycles. The molecule has 2 aliphatic rings. The average molecular weight is 151 g/mol. The van der Waals surface area contributed by atoms with Gasteiger partial charge in [-0.05, 0) is 25.7 Å². The van der Waals surface area contributed by atoms with Crippen molar-refractivity contribution >= 4 is 12.1 Å². The summed E-state index contributed by atoms with van der Waals surface area (Å²) in [6, 6.07) is 0. The average Bonchev–Trinajstić information content (AvgIpc) is 2.63. The van der Waals surface area contributed by atoms with Gasteiger partial charge in [-0.1, -0.05) is 6.42 Å². The molecule has 59 valence electrons. The number of rotatable bonds is 3. The minimum Gasteiger partial charge on any atom is -0.298 e. The zero-order chi connectivity index (χ0) is 7.90. The van der Waals surface area contributed by atoms with Crippen molar-refractivity contribution in [3.8, 4) is 0 Å². The molecule has 1 radical (unpaired) electrons. The van der Waals surface area contributed by atoms with Crippen molar-refractivity contribution in [1.82, 2.24) is 0 Å². The lowest BCUT2D eigenvalue weighted by atomic mass is 9.77. The van der Waals surface area contributed by atoms with Crippen LogP contribution in [0.2, 0.25) is 0 Å². The summed E-state index contributed by atoms with van der Waals surface area (Å²) in [7, 11) is 0. The van der Waals surface area contributed by atoms with Gasteiger partial charge in [0, 0.05) is 5.92 Å². The number of carbonyl (C=O) groups excluding carboxylic acids is 2. The minimum absolute atomic E-state index is 0.179. The third-order valence-corrected chi connectivity index (χ3v) is 2.89. The molecule has 0 heterocycles. The Bertz CT molecular complexity index is 200. The first kappa shape index (κ1) is 7.01. The van der Waals surface area contributed by atoms with Gasteiger partial charge >= 0.3 is 0 Å². The molecule has 0 aliphatic heterocycles. The van der Waals surface area contributed by atoms with Crippen LogP contribution in [0.25, 0.3) is 0 Å². The van der Waals surface area contributed by atoms with Crippen LogP contribution in [0, 0.1) is 11.3 Å². The highest BCUT2D eigenvalue weighted by Crippen LogP contribution is 2.49. The van der Waals surface area contributed by atoms with Crippen molar-refractivity contribution < 1.29 is 9.59 Å². The van der Waals surface area contributed by atoms with E-state index in [0.29, 0.717) is 0 Å². The Morgan fingerprint density at radius 1 is 1.36 bits per heavy atom. The summed E-state index contributed by atoms with van der Waals surface area (Å²) in [5, 5.41) is 0. The van der Waals surface area contributed by atoms with Crippen LogP contribution < -0.4 is 0 Å². The zero-order valence-electron chi connectivity index (χ0n) is 6.43. The maximum atomic E-state index is 11.5. The topological polar surface area (TPSA) is 34.1 Å². The van der Waals surface area contributed by atoms with Crippen molar-refractivity contribution in [2.24, 2.45) is 11.3 Å². The molecule has 0 N–H and O–H groups in total. The lowest BCUT2D eigenvalue weighted by molar-refractivity contribution is -0.128. The molecule has 0 unspecified atom stereocenters. The third kappa shape index (κ3) is 0.924. The van der Waals surface area contributed by atoms with Gasteiger partial charge in [0.2, 0.25) is 6.29 Å². The second-order valence-electron chi connectivity index (χ2n) is 3.68. The maximum Gasteiger partial charge on any atom is 0.212 e. The van der Waals surface area contributed by atoms with E-state index in [-0.39, 0.29) is 11.7 Å². The van der Waals surface area contributed by atoms with E-state index in [1.807, 2.05) is 6.29 Å². The second kappa shape index (κ2) is 2.16. The first-order valence-electron chi connectivity index (χ1n) is 4.22. The van der Waals surface area contributed by atoms with E-state index in [1.165, 1.54) is 0 Å². The highest BCUT2D eigenvalue weighted by atomic mass is 16.1. The first-order chi connectivity index (χ1) is 5.28. The Morgan fingerprint density at radius 2 is 2.00 bits per heavy atom. The van der Waals surface area contributed by atoms with Crippen LogP contribution in [0.5, 0.6) is 0 Å². The molecule has 2 fully saturated rings. The molecule has 0 bridgehead atoms. The highest BCUT2D eigenvalue weighted by molar-refractivity contribution is 6.02. The molecule has 0 aromatic rings. The summed E-state index contributed by atoms with van der Waals surface area (Å²) in [6.45, 7) is 0.